The van der Waals surface area contributed by atoms with Gasteiger partial charge < -0.3 is 23.3 Å². The molecule has 0 saturated carbocycles. The molecule has 6 heavy (non-hydrogen) atoms. The second-order valence-corrected chi connectivity index (χ2v) is 0.671. The molecule has 3 nitrogen and oxygen atoms in total. The number of hydrogen-bond acceptors (Lipinski definition) is 3. The van der Waals surface area contributed by atoms with Gasteiger partial charge in [0.15, 0.2) is 0 Å². The molecule has 0 amide bonds. The summed E-state index contributed by atoms with van der Waals surface area (Å²) in [6, 6.07) is 0. The van der Waals surface area contributed by atoms with E-state index in [1.54, 1.807) is 0 Å². The van der Waals surface area contributed by atoms with Crippen LogP contribution in [0.1, 0.15) is 0 Å². The maximum Gasteiger partial charge on any atom is 2.00 e. The van der Waals surface area contributed by atoms with Crippen molar-refractivity contribution in [3.05, 3.63) is 0 Å². The molecular formula is BaO3PZn+. The molecule has 0 aliphatic carbocycles. The van der Waals surface area contributed by atoms with Gasteiger partial charge in [0.25, 0.3) is 0 Å². The van der Waals surface area contributed by atoms with Gasteiger partial charge in [0.05, 0.1) is 0 Å². The van der Waals surface area contributed by atoms with E-state index in [1.165, 1.54) is 0 Å². The van der Waals surface area contributed by atoms with Crippen molar-refractivity contribution in [2.75, 3.05) is 0 Å². The monoisotopic (exact) mass is 281 g/mol. The molecular weight excluding hydrogens is 282 g/mol. The van der Waals surface area contributed by atoms with Crippen molar-refractivity contribution in [2.45, 2.75) is 0 Å². The predicted molar refractivity (Wildman–Crippen MR) is 12.7 cm³/mol. The zero-order valence-electron chi connectivity index (χ0n) is 3.09. The molecule has 0 aromatic heterocycles. The summed E-state index contributed by atoms with van der Waals surface area (Å²) in [5, 5.41) is 0. The van der Waals surface area contributed by atoms with Gasteiger partial charge in [0, 0.05) is 0 Å². The van der Waals surface area contributed by atoms with Crippen LogP contribution in [0.4, 0.5) is 0 Å². The third-order valence-electron chi connectivity index (χ3n) is 0. The molecule has 0 aliphatic heterocycles. The Balaban J connectivity index is -0.0000000450. The largest absolute Gasteiger partial charge is 2.00 e. The quantitative estimate of drug-likeness (QED) is 0.349. The molecule has 6 heteroatoms. The summed E-state index contributed by atoms with van der Waals surface area (Å²) in [6.45, 7) is 0. The van der Waals surface area contributed by atoms with Crippen molar-refractivity contribution in [2.24, 2.45) is 0 Å². The summed E-state index contributed by atoms with van der Waals surface area (Å²) in [7, 11) is -3.37. The van der Waals surface area contributed by atoms with E-state index in [-0.39, 0.29) is 68.4 Å². The first-order chi connectivity index (χ1) is 1.73. The minimum atomic E-state index is -3.37. The Kier molecular flexibility index (Phi) is 27.6. The van der Waals surface area contributed by atoms with Crippen molar-refractivity contribution in [3.63, 3.8) is 0 Å². The molecule has 0 fully saturated rings. The van der Waals surface area contributed by atoms with Gasteiger partial charge in [0.1, 0.15) is 0 Å². The minimum absolute atomic E-state index is 0. The van der Waals surface area contributed by atoms with Gasteiger partial charge in [-0.2, -0.15) is 0 Å². The van der Waals surface area contributed by atoms with Crippen LogP contribution in [0.3, 0.4) is 0 Å². The van der Waals surface area contributed by atoms with Gasteiger partial charge in [0.2, 0.25) is 0 Å². The van der Waals surface area contributed by atoms with E-state index in [4.69, 9.17) is 14.7 Å². The first-order valence-electron chi connectivity index (χ1n) is 0.548. The molecule has 0 aromatic rings. The van der Waals surface area contributed by atoms with Crippen LogP contribution >= 0.6 is 8.60 Å². The van der Waals surface area contributed by atoms with Crippen LogP contribution < -0.4 is 14.7 Å². The first-order valence-corrected chi connectivity index (χ1v) is 1.64. The molecule has 0 radical (unpaired) electrons. The Morgan fingerprint density at radius 2 is 1.00 bits per heavy atom. The van der Waals surface area contributed by atoms with E-state index in [0.717, 1.165) is 0 Å². The van der Waals surface area contributed by atoms with Crippen LogP contribution in [0.25, 0.3) is 0 Å². The molecule has 0 bridgehead atoms. The van der Waals surface area contributed by atoms with Crippen molar-refractivity contribution in [3.8, 4) is 0 Å². The van der Waals surface area contributed by atoms with Crippen molar-refractivity contribution in [1.82, 2.24) is 0 Å². The van der Waals surface area contributed by atoms with Crippen LogP contribution in [-0.2, 0) is 19.5 Å². The summed E-state index contributed by atoms with van der Waals surface area (Å²) in [5.74, 6) is 0. The third kappa shape index (κ3) is 31.4. The smallest absolute Gasteiger partial charge is 0.854 e. The van der Waals surface area contributed by atoms with Crippen molar-refractivity contribution < 1.29 is 34.2 Å². The van der Waals surface area contributed by atoms with Gasteiger partial charge in [-0.25, -0.2) is 0 Å². The van der Waals surface area contributed by atoms with Gasteiger partial charge >= 0.3 is 68.4 Å². The van der Waals surface area contributed by atoms with Crippen LogP contribution in [0.5, 0.6) is 0 Å². The normalized spacial score (nSPS) is 6.00. The Labute approximate surface area is 90.0 Å². The second-order valence-electron chi connectivity index (χ2n) is 0.224. The van der Waals surface area contributed by atoms with E-state index < -0.39 is 8.60 Å². The number of rotatable bonds is 0. The van der Waals surface area contributed by atoms with Gasteiger partial charge in [-0.05, 0) is 0 Å². The molecule has 0 unspecified atom stereocenters. The molecule has 26 valence electrons. The molecule has 0 aromatic carbocycles. The zero-order valence-corrected chi connectivity index (χ0v) is 11.4. The minimum Gasteiger partial charge on any atom is -0.854 e. The van der Waals surface area contributed by atoms with E-state index in [1.807, 2.05) is 0 Å². The fourth-order valence-electron chi connectivity index (χ4n) is 0. The predicted octanol–water partition coefficient (Wildman–Crippen LogP) is -3.09. The maximum atomic E-state index is 8.48. The zero-order chi connectivity index (χ0) is 3.58. The Morgan fingerprint density at radius 1 is 1.00 bits per heavy atom. The van der Waals surface area contributed by atoms with E-state index in [9.17, 15) is 0 Å². The van der Waals surface area contributed by atoms with Crippen molar-refractivity contribution in [1.29, 1.82) is 0 Å². The molecule has 0 N–H and O–H groups in total. The van der Waals surface area contributed by atoms with Crippen LogP contribution in [0.15, 0.2) is 0 Å². The third-order valence-corrected chi connectivity index (χ3v) is 0. The molecule has 0 aliphatic rings. The van der Waals surface area contributed by atoms with Crippen LogP contribution in [-0.4, -0.2) is 48.9 Å². The van der Waals surface area contributed by atoms with E-state index in [2.05, 4.69) is 0 Å². The SMILES string of the molecule is [Ba+2].[O-]P([O-])[O-].[Zn+2]. The van der Waals surface area contributed by atoms with E-state index in [0.29, 0.717) is 0 Å². The van der Waals surface area contributed by atoms with Crippen LogP contribution in [0, 0.1) is 0 Å². The maximum absolute atomic E-state index is 8.48. The molecule has 0 rings (SSSR count). The standard InChI is InChI=1S/Ba.O3P.Zn/c;1-4(2)3;/q+2;-3;+2. The van der Waals surface area contributed by atoms with Crippen LogP contribution in [0.2, 0.25) is 0 Å². The van der Waals surface area contributed by atoms with E-state index >= 15 is 0 Å². The molecule has 0 spiro atoms. The average Bonchev–Trinajstić information content (AvgIpc) is 0.811. The van der Waals surface area contributed by atoms with Gasteiger partial charge in [-0.15, -0.1) is 0 Å². The average molecular weight is 282 g/mol. The first kappa shape index (κ1) is 15.8. The molecule has 0 heterocycles. The summed E-state index contributed by atoms with van der Waals surface area (Å²) in [4.78, 5) is 25.4. The summed E-state index contributed by atoms with van der Waals surface area (Å²) < 4.78 is 0. The van der Waals surface area contributed by atoms with Gasteiger partial charge in [-0.1, -0.05) is 0 Å². The Bertz CT molecular complexity index is 15.5. The Morgan fingerprint density at radius 3 is 1.00 bits per heavy atom. The molecule has 0 atom stereocenters. The fourth-order valence-corrected chi connectivity index (χ4v) is 0. The Hall–Kier alpha value is 2.50. The topological polar surface area (TPSA) is 69.2 Å². The molecule has 0 saturated heterocycles. The summed E-state index contributed by atoms with van der Waals surface area (Å²) in [6.07, 6.45) is 0. The summed E-state index contributed by atoms with van der Waals surface area (Å²) >= 11 is 0. The van der Waals surface area contributed by atoms with Gasteiger partial charge in [-0.3, -0.25) is 0 Å². The number of hydrogen-bond donors (Lipinski definition) is 0. The summed E-state index contributed by atoms with van der Waals surface area (Å²) in [5.41, 5.74) is 0. The van der Waals surface area contributed by atoms with Crippen molar-refractivity contribution >= 4 is 57.5 Å². The fraction of sp³-hybridized carbons (Fsp3) is 0. The second kappa shape index (κ2) is 10.5.